The molecule has 44 heavy (non-hydrogen) atoms. The molecule has 0 radical (unpaired) electrons. The van der Waals surface area contributed by atoms with Crippen molar-refractivity contribution in [1.29, 1.82) is 0 Å². The summed E-state index contributed by atoms with van der Waals surface area (Å²) in [6.07, 6.45) is 7.53. The van der Waals surface area contributed by atoms with Crippen LogP contribution in [0.4, 0.5) is 0 Å². The summed E-state index contributed by atoms with van der Waals surface area (Å²) in [5.74, 6) is 3.56. The Bertz CT molecular complexity index is 1840. The average Bonchev–Trinajstić information content (AvgIpc) is 3.78. The Morgan fingerprint density at radius 3 is 1.86 bits per heavy atom. The Balaban J connectivity index is 1.33. The van der Waals surface area contributed by atoms with Crippen molar-refractivity contribution in [3.8, 4) is 68.7 Å². The second-order valence-corrected chi connectivity index (χ2v) is 9.48. The molecule has 4 aromatic heterocycles. The van der Waals surface area contributed by atoms with Gasteiger partial charge in [-0.3, -0.25) is 9.97 Å². The predicted molar refractivity (Wildman–Crippen MR) is 159 cm³/mol. The molecule has 12 nitrogen and oxygen atoms in total. The summed E-state index contributed by atoms with van der Waals surface area (Å²) < 4.78 is 34.8. The summed E-state index contributed by atoms with van der Waals surface area (Å²) in [7, 11) is 3.11. The van der Waals surface area contributed by atoms with Crippen LogP contribution in [0.5, 0.6) is 23.0 Å². The molecule has 4 heterocycles. The number of methoxy groups -OCH3 is 2. The lowest BCUT2D eigenvalue weighted by Gasteiger charge is -2.16. The van der Waals surface area contributed by atoms with Gasteiger partial charge in [-0.15, -0.1) is 0 Å². The maximum Gasteiger partial charge on any atom is 0.262 e. The highest BCUT2D eigenvalue weighted by atomic mass is 16.5. The van der Waals surface area contributed by atoms with Crippen molar-refractivity contribution >= 4 is 0 Å². The van der Waals surface area contributed by atoms with E-state index < -0.39 is 0 Å². The smallest absolute Gasteiger partial charge is 0.262 e. The third-order valence-corrected chi connectivity index (χ3v) is 6.60. The number of pyridine rings is 2. The first kappa shape index (κ1) is 28.3. The Labute approximate surface area is 252 Å². The molecule has 0 aliphatic heterocycles. The van der Waals surface area contributed by atoms with Crippen LogP contribution in [0.3, 0.4) is 0 Å². The van der Waals surface area contributed by atoms with E-state index in [1.807, 2.05) is 37.3 Å². The lowest BCUT2D eigenvalue weighted by molar-refractivity contribution is 0.277. The van der Waals surface area contributed by atoms with Crippen molar-refractivity contribution in [2.45, 2.75) is 20.0 Å². The van der Waals surface area contributed by atoms with E-state index in [1.165, 1.54) is 0 Å². The Hall–Kier alpha value is -5.78. The SMILES string of the molecule is CCCOc1ccc(-c2nc(-c3ccncc3)no2)cc1COc1cc(OC)c(OC)cc1-c1nc(-c2ccncc2)no1. The highest BCUT2D eigenvalue weighted by Crippen LogP contribution is 2.41. The average molecular weight is 593 g/mol. The number of benzene rings is 2. The molecular formula is C32H28N6O6. The van der Waals surface area contributed by atoms with Crippen molar-refractivity contribution in [2.75, 3.05) is 20.8 Å². The molecule has 0 N–H and O–H groups in total. The molecule has 0 bridgehead atoms. The van der Waals surface area contributed by atoms with Gasteiger partial charge in [-0.2, -0.15) is 9.97 Å². The van der Waals surface area contributed by atoms with Gasteiger partial charge in [0, 0.05) is 59.2 Å². The van der Waals surface area contributed by atoms with Gasteiger partial charge in [0.1, 0.15) is 18.1 Å². The molecule has 0 saturated carbocycles. The summed E-state index contributed by atoms with van der Waals surface area (Å²) in [5, 5.41) is 8.28. The minimum atomic E-state index is 0.131. The van der Waals surface area contributed by atoms with Gasteiger partial charge in [-0.1, -0.05) is 17.2 Å². The molecule has 0 saturated heterocycles. The second-order valence-electron chi connectivity index (χ2n) is 9.48. The Morgan fingerprint density at radius 1 is 0.614 bits per heavy atom. The van der Waals surface area contributed by atoms with Crippen molar-refractivity contribution < 1.29 is 28.0 Å². The van der Waals surface area contributed by atoms with Gasteiger partial charge in [0.25, 0.3) is 11.8 Å². The molecule has 0 aliphatic carbocycles. The van der Waals surface area contributed by atoms with Gasteiger partial charge in [-0.25, -0.2) is 0 Å². The van der Waals surface area contributed by atoms with Crippen LogP contribution in [0.2, 0.25) is 0 Å². The number of nitrogens with zero attached hydrogens (tertiary/aromatic N) is 6. The van der Waals surface area contributed by atoms with Crippen LogP contribution in [0.1, 0.15) is 18.9 Å². The topological polar surface area (TPSA) is 141 Å². The van der Waals surface area contributed by atoms with Gasteiger partial charge in [-0.05, 0) is 48.9 Å². The number of hydrogen-bond donors (Lipinski definition) is 0. The maximum atomic E-state index is 6.39. The minimum absolute atomic E-state index is 0.131. The van der Waals surface area contributed by atoms with Crippen LogP contribution in [-0.2, 0) is 6.61 Å². The maximum absolute atomic E-state index is 6.39. The second kappa shape index (κ2) is 13.0. The van der Waals surface area contributed by atoms with Gasteiger partial charge in [0.05, 0.1) is 26.4 Å². The molecule has 0 spiro atoms. The zero-order valence-electron chi connectivity index (χ0n) is 24.3. The van der Waals surface area contributed by atoms with E-state index in [9.17, 15) is 0 Å². The number of rotatable bonds is 12. The van der Waals surface area contributed by atoms with Crippen LogP contribution in [0, 0.1) is 0 Å². The first-order chi connectivity index (χ1) is 21.7. The standard InChI is InChI=1S/C32H28N6O6/c1-4-15-41-25-6-5-22(31-35-29(37-43-31)20-7-11-33-12-8-20)16-23(25)19-42-26-18-28(40-3)27(39-2)17-24(26)32-36-30(38-44-32)21-9-13-34-14-10-21/h5-14,16-18H,4,15,19H2,1-3H3. The van der Waals surface area contributed by atoms with Crippen LogP contribution < -0.4 is 18.9 Å². The summed E-state index contributed by atoms with van der Waals surface area (Å²) in [4.78, 5) is 17.3. The van der Waals surface area contributed by atoms with Gasteiger partial charge in [0.2, 0.25) is 11.6 Å². The van der Waals surface area contributed by atoms with Crippen molar-refractivity contribution in [1.82, 2.24) is 30.2 Å². The first-order valence-electron chi connectivity index (χ1n) is 13.8. The Kier molecular flexibility index (Phi) is 8.39. The summed E-state index contributed by atoms with van der Waals surface area (Å²) in [6, 6.07) is 16.3. The monoisotopic (exact) mass is 592 g/mol. The molecule has 0 fully saturated rings. The van der Waals surface area contributed by atoms with Gasteiger partial charge >= 0.3 is 0 Å². The zero-order chi connectivity index (χ0) is 30.3. The molecule has 12 heteroatoms. The van der Waals surface area contributed by atoms with Crippen molar-refractivity contribution in [3.05, 3.63) is 84.9 Å². The molecule has 0 amide bonds. The van der Waals surface area contributed by atoms with E-state index in [1.54, 1.807) is 63.3 Å². The Morgan fingerprint density at radius 2 is 1.23 bits per heavy atom. The molecular weight excluding hydrogens is 564 g/mol. The minimum Gasteiger partial charge on any atom is -0.493 e. The molecule has 0 unspecified atom stereocenters. The van der Waals surface area contributed by atoms with Crippen LogP contribution in [-0.4, -0.2) is 51.1 Å². The quantitative estimate of drug-likeness (QED) is 0.157. The molecule has 222 valence electrons. The largest absolute Gasteiger partial charge is 0.493 e. The third-order valence-electron chi connectivity index (χ3n) is 6.60. The zero-order valence-corrected chi connectivity index (χ0v) is 24.3. The third kappa shape index (κ3) is 6.04. The van der Waals surface area contributed by atoms with Gasteiger partial charge in [0.15, 0.2) is 11.5 Å². The fourth-order valence-corrected chi connectivity index (χ4v) is 4.39. The lowest BCUT2D eigenvalue weighted by Crippen LogP contribution is -2.04. The first-order valence-corrected chi connectivity index (χ1v) is 13.8. The highest BCUT2D eigenvalue weighted by Gasteiger charge is 2.21. The summed E-state index contributed by atoms with van der Waals surface area (Å²) in [6.45, 7) is 2.72. The highest BCUT2D eigenvalue weighted by molar-refractivity contribution is 5.70. The van der Waals surface area contributed by atoms with E-state index in [2.05, 4.69) is 30.2 Å². The van der Waals surface area contributed by atoms with Crippen LogP contribution in [0.15, 0.2) is 88.4 Å². The van der Waals surface area contributed by atoms with Crippen molar-refractivity contribution in [2.24, 2.45) is 0 Å². The van der Waals surface area contributed by atoms with Crippen molar-refractivity contribution in [3.63, 3.8) is 0 Å². The molecule has 0 atom stereocenters. The predicted octanol–water partition coefficient (Wildman–Crippen LogP) is 6.30. The fourth-order valence-electron chi connectivity index (χ4n) is 4.39. The number of hydrogen-bond acceptors (Lipinski definition) is 12. The molecule has 2 aromatic carbocycles. The number of ether oxygens (including phenoxy) is 4. The van der Waals surface area contributed by atoms with E-state index in [-0.39, 0.29) is 12.5 Å². The molecule has 6 aromatic rings. The summed E-state index contributed by atoms with van der Waals surface area (Å²) >= 11 is 0. The summed E-state index contributed by atoms with van der Waals surface area (Å²) in [5.41, 5.74) is 3.58. The van der Waals surface area contributed by atoms with Crippen LogP contribution in [0.25, 0.3) is 45.7 Å². The van der Waals surface area contributed by atoms with Crippen LogP contribution >= 0.6 is 0 Å². The number of aromatic nitrogens is 6. The van der Waals surface area contributed by atoms with E-state index in [0.717, 1.165) is 23.1 Å². The fraction of sp³-hybridized carbons (Fsp3) is 0.188. The molecule has 6 rings (SSSR count). The molecule has 0 aliphatic rings. The van der Waals surface area contributed by atoms with E-state index >= 15 is 0 Å². The lowest BCUT2D eigenvalue weighted by atomic mass is 10.1. The van der Waals surface area contributed by atoms with E-state index in [4.69, 9.17) is 28.0 Å². The van der Waals surface area contributed by atoms with E-state index in [0.29, 0.717) is 58.3 Å². The normalized spacial score (nSPS) is 10.9. The van der Waals surface area contributed by atoms with Gasteiger partial charge < -0.3 is 28.0 Å².